The molecule has 0 amide bonds. The smallest absolute Gasteiger partial charge is 0.0614 e. The van der Waals surface area contributed by atoms with Crippen molar-refractivity contribution < 1.29 is 0 Å². The Kier molecular flexibility index (Phi) is 5.08. The lowest BCUT2D eigenvalue weighted by molar-refractivity contribution is 0.173. The number of hydrogen-bond donors (Lipinski definition) is 1. The van der Waals surface area contributed by atoms with E-state index in [9.17, 15) is 0 Å². The van der Waals surface area contributed by atoms with Crippen LogP contribution in [0.4, 0.5) is 0 Å². The number of aromatic nitrogens is 2. The van der Waals surface area contributed by atoms with Crippen molar-refractivity contribution in [2.45, 2.75) is 38.6 Å². The van der Waals surface area contributed by atoms with E-state index >= 15 is 0 Å². The average molecular weight is 248 g/mol. The predicted molar refractivity (Wildman–Crippen MR) is 73.6 cm³/mol. The maximum Gasteiger partial charge on any atom is 0.0614 e. The molecule has 1 fully saturated rings. The number of hydrogen-bond acceptors (Lipinski definition) is 4. The van der Waals surface area contributed by atoms with Gasteiger partial charge in [-0.15, -0.1) is 0 Å². The summed E-state index contributed by atoms with van der Waals surface area (Å²) in [5.74, 6) is 0.504. The highest BCUT2D eigenvalue weighted by Crippen LogP contribution is 2.20. The molecule has 0 aromatic carbocycles. The molecule has 100 valence electrons. The highest BCUT2D eigenvalue weighted by atomic mass is 15.2. The molecule has 18 heavy (non-hydrogen) atoms. The Balaban J connectivity index is 1.76. The molecule has 1 saturated heterocycles. The average Bonchev–Trinajstić information content (AvgIpc) is 2.46. The Hall–Kier alpha value is -1.00. The second kappa shape index (κ2) is 6.81. The van der Waals surface area contributed by atoms with Crippen molar-refractivity contribution in [2.24, 2.45) is 0 Å². The number of nitrogens with one attached hydrogen (secondary N) is 1. The monoisotopic (exact) mass is 248 g/mol. The summed E-state index contributed by atoms with van der Waals surface area (Å²) in [4.78, 5) is 11.1. The van der Waals surface area contributed by atoms with Crippen LogP contribution in [0.3, 0.4) is 0 Å². The van der Waals surface area contributed by atoms with Gasteiger partial charge in [-0.3, -0.25) is 14.9 Å². The van der Waals surface area contributed by atoms with E-state index in [-0.39, 0.29) is 0 Å². The molecule has 1 aliphatic rings. The van der Waals surface area contributed by atoms with Crippen LogP contribution in [0.25, 0.3) is 0 Å². The lowest BCUT2D eigenvalue weighted by Gasteiger charge is -2.33. The van der Waals surface area contributed by atoms with Crippen molar-refractivity contribution in [2.75, 3.05) is 26.2 Å². The zero-order valence-electron chi connectivity index (χ0n) is 11.5. The van der Waals surface area contributed by atoms with Crippen LogP contribution in [0.1, 0.15) is 38.3 Å². The fourth-order valence-electron chi connectivity index (χ4n) is 2.51. The Morgan fingerprint density at radius 1 is 1.22 bits per heavy atom. The van der Waals surface area contributed by atoms with Gasteiger partial charge in [-0.2, -0.15) is 0 Å². The van der Waals surface area contributed by atoms with Gasteiger partial charge >= 0.3 is 0 Å². The van der Waals surface area contributed by atoms with Gasteiger partial charge in [0.2, 0.25) is 0 Å². The van der Waals surface area contributed by atoms with Gasteiger partial charge in [0.25, 0.3) is 0 Å². The molecule has 4 nitrogen and oxygen atoms in total. The number of piperazine rings is 1. The molecule has 2 unspecified atom stereocenters. The van der Waals surface area contributed by atoms with Crippen molar-refractivity contribution >= 4 is 0 Å². The summed E-state index contributed by atoms with van der Waals surface area (Å²) >= 11 is 0. The van der Waals surface area contributed by atoms with Crippen LogP contribution in [-0.2, 0) is 0 Å². The predicted octanol–water partition coefficient (Wildman–Crippen LogP) is 1.65. The van der Waals surface area contributed by atoms with Crippen LogP contribution in [0.15, 0.2) is 18.6 Å². The van der Waals surface area contributed by atoms with Crippen LogP contribution < -0.4 is 5.32 Å². The lowest BCUT2D eigenvalue weighted by Crippen LogP contribution is -2.47. The normalized spacial score (nSPS) is 20.6. The standard InChI is InChI=1S/C14H24N4/c1-12(14-11-16-5-6-17-14)3-4-13(2)18-9-7-15-8-10-18/h5-6,11-13,15H,3-4,7-10H2,1-2H3. The van der Waals surface area contributed by atoms with Gasteiger partial charge in [-0.05, 0) is 25.7 Å². The topological polar surface area (TPSA) is 41.0 Å². The van der Waals surface area contributed by atoms with Crippen LogP contribution in [0.2, 0.25) is 0 Å². The lowest BCUT2D eigenvalue weighted by atomic mass is 9.98. The minimum atomic E-state index is 0.504. The first-order valence-electron chi connectivity index (χ1n) is 6.98. The molecule has 1 aromatic heterocycles. The molecule has 0 spiro atoms. The largest absolute Gasteiger partial charge is 0.314 e. The van der Waals surface area contributed by atoms with Crippen molar-refractivity contribution in [3.63, 3.8) is 0 Å². The number of rotatable bonds is 5. The molecule has 1 aromatic rings. The van der Waals surface area contributed by atoms with E-state index in [1.54, 1.807) is 12.4 Å². The second-order valence-electron chi connectivity index (χ2n) is 5.24. The van der Waals surface area contributed by atoms with E-state index in [0.29, 0.717) is 12.0 Å². The first-order chi connectivity index (χ1) is 8.77. The Morgan fingerprint density at radius 2 is 2.00 bits per heavy atom. The molecule has 0 saturated carbocycles. The molecule has 2 rings (SSSR count). The molecule has 4 heteroatoms. The second-order valence-corrected chi connectivity index (χ2v) is 5.24. The molecule has 0 aliphatic carbocycles. The van der Waals surface area contributed by atoms with Gasteiger partial charge in [0.05, 0.1) is 5.69 Å². The first-order valence-corrected chi connectivity index (χ1v) is 6.98. The van der Waals surface area contributed by atoms with E-state index in [2.05, 4.69) is 34.0 Å². The minimum absolute atomic E-state index is 0.504. The molecule has 0 bridgehead atoms. The third-order valence-electron chi connectivity index (χ3n) is 3.88. The Morgan fingerprint density at radius 3 is 2.67 bits per heavy atom. The zero-order valence-corrected chi connectivity index (χ0v) is 11.5. The van der Waals surface area contributed by atoms with Crippen LogP contribution >= 0.6 is 0 Å². The zero-order chi connectivity index (χ0) is 12.8. The van der Waals surface area contributed by atoms with Crippen LogP contribution in [0, 0.1) is 0 Å². The fraction of sp³-hybridized carbons (Fsp3) is 0.714. The highest BCUT2D eigenvalue weighted by molar-refractivity contribution is 5.01. The van der Waals surface area contributed by atoms with Gasteiger partial charge in [-0.1, -0.05) is 6.92 Å². The summed E-state index contributed by atoms with van der Waals surface area (Å²) in [6, 6.07) is 0.672. The van der Waals surface area contributed by atoms with E-state index < -0.39 is 0 Å². The van der Waals surface area contributed by atoms with Crippen molar-refractivity contribution in [3.8, 4) is 0 Å². The SMILES string of the molecule is CC(CCC(C)N1CCNCC1)c1cnccn1. The van der Waals surface area contributed by atoms with Crippen molar-refractivity contribution in [3.05, 3.63) is 24.3 Å². The van der Waals surface area contributed by atoms with Gasteiger partial charge in [-0.25, -0.2) is 0 Å². The fourth-order valence-corrected chi connectivity index (χ4v) is 2.51. The quantitative estimate of drug-likeness (QED) is 0.860. The first kappa shape index (κ1) is 13.4. The van der Waals surface area contributed by atoms with Crippen LogP contribution in [0.5, 0.6) is 0 Å². The maximum absolute atomic E-state index is 4.38. The van der Waals surface area contributed by atoms with E-state index in [0.717, 1.165) is 18.8 Å². The minimum Gasteiger partial charge on any atom is -0.314 e. The third kappa shape index (κ3) is 3.75. The van der Waals surface area contributed by atoms with Gasteiger partial charge < -0.3 is 5.32 Å². The van der Waals surface area contributed by atoms with Gasteiger partial charge in [0, 0.05) is 50.8 Å². The summed E-state index contributed by atoms with van der Waals surface area (Å²) in [6.07, 6.45) is 7.83. The van der Waals surface area contributed by atoms with Crippen molar-refractivity contribution in [1.29, 1.82) is 0 Å². The van der Waals surface area contributed by atoms with Crippen molar-refractivity contribution in [1.82, 2.24) is 20.2 Å². The molecule has 2 heterocycles. The molecular formula is C14H24N4. The Labute approximate surface area is 110 Å². The summed E-state index contributed by atoms with van der Waals surface area (Å²) in [5.41, 5.74) is 1.12. The Bertz CT molecular complexity index is 335. The van der Waals surface area contributed by atoms with E-state index in [4.69, 9.17) is 0 Å². The third-order valence-corrected chi connectivity index (χ3v) is 3.88. The van der Waals surface area contributed by atoms with Gasteiger partial charge in [0.1, 0.15) is 0 Å². The molecular weight excluding hydrogens is 224 g/mol. The summed E-state index contributed by atoms with van der Waals surface area (Å²) in [6.45, 7) is 9.21. The van der Waals surface area contributed by atoms with Gasteiger partial charge in [0.15, 0.2) is 0 Å². The summed E-state index contributed by atoms with van der Waals surface area (Å²) in [5, 5.41) is 3.40. The molecule has 0 radical (unpaired) electrons. The molecule has 1 N–H and O–H groups in total. The molecule has 2 atom stereocenters. The highest BCUT2D eigenvalue weighted by Gasteiger charge is 2.17. The van der Waals surface area contributed by atoms with Crippen LogP contribution in [-0.4, -0.2) is 47.1 Å². The summed E-state index contributed by atoms with van der Waals surface area (Å²) in [7, 11) is 0. The van der Waals surface area contributed by atoms with E-state index in [1.165, 1.54) is 25.9 Å². The maximum atomic E-state index is 4.38. The van der Waals surface area contributed by atoms with E-state index in [1.807, 2.05) is 6.20 Å². The molecule has 1 aliphatic heterocycles. The summed E-state index contributed by atoms with van der Waals surface area (Å²) < 4.78 is 0. The number of nitrogens with zero attached hydrogens (tertiary/aromatic N) is 3.